The minimum absolute atomic E-state index is 0.00691. The number of hydrogen-bond donors (Lipinski definition) is 1. The number of aryl methyl sites for hydroxylation is 1. The second-order valence-corrected chi connectivity index (χ2v) is 7.59. The molecule has 1 N–H and O–H groups in total. The van der Waals surface area contributed by atoms with Gasteiger partial charge in [0.1, 0.15) is 11.6 Å². The van der Waals surface area contributed by atoms with E-state index in [4.69, 9.17) is 9.15 Å². The predicted molar refractivity (Wildman–Crippen MR) is 115 cm³/mol. The van der Waals surface area contributed by atoms with Crippen molar-refractivity contribution in [2.24, 2.45) is 0 Å². The van der Waals surface area contributed by atoms with E-state index in [-0.39, 0.29) is 42.0 Å². The molecule has 6 nitrogen and oxygen atoms in total. The van der Waals surface area contributed by atoms with Crippen LogP contribution in [0.1, 0.15) is 23.9 Å². The maximum Gasteiger partial charge on any atom is 0.220 e. The molecule has 0 spiro atoms. The molecular weight excluding hydrogens is 416 g/mol. The van der Waals surface area contributed by atoms with Gasteiger partial charge in [-0.2, -0.15) is 0 Å². The van der Waals surface area contributed by atoms with Gasteiger partial charge in [0.15, 0.2) is 11.7 Å². The Morgan fingerprint density at radius 3 is 2.50 bits per heavy atom. The lowest BCUT2D eigenvalue weighted by molar-refractivity contribution is -0.121. The van der Waals surface area contributed by atoms with Crippen LogP contribution in [0, 0.1) is 11.6 Å². The summed E-state index contributed by atoms with van der Waals surface area (Å²) in [4.78, 5) is 18.8. The second kappa shape index (κ2) is 10.5. The van der Waals surface area contributed by atoms with Crippen LogP contribution in [-0.2, 0) is 16.0 Å². The van der Waals surface area contributed by atoms with Crippen LogP contribution in [0.3, 0.4) is 0 Å². The first-order chi connectivity index (χ1) is 15.6. The number of aromatic nitrogens is 1. The molecule has 32 heavy (non-hydrogen) atoms. The Kier molecular flexibility index (Phi) is 7.24. The van der Waals surface area contributed by atoms with E-state index in [1.807, 2.05) is 18.2 Å². The molecule has 0 unspecified atom stereocenters. The van der Waals surface area contributed by atoms with Gasteiger partial charge >= 0.3 is 0 Å². The van der Waals surface area contributed by atoms with E-state index in [1.54, 1.807) is 0 Å². The standard InChI is InChI=1S/C24H25F2N3O3/c25-18-7-4-8-19(26)24(18)21-16-28-23(32-21)10-9-22(30)27-15-20(17-5-2-1-3-6-17)29-11-13-31-14-12-29/h1-8,16,20H,9-15H2,(H,27,30)/t20-/m1/s1. The molecule has 0 bridgehead atoms. The van der Waals surface area contributed by atoms with E-state index in [9.17, 15) is 13.6 Å². The van der Waals surface area contributed by atoms with Crippen LogP contribution in [0.2, 0.25) is 0 Å². The fraction of sp³-hybridized carbons (Fsp3) is 0.333. The lowest BCUT2D eigenvalue weighted by Gasteiger charge is -2.35. The van der Waals surface area contributed by atoms with Gasteiger partial charge in [0.2, 0.25) is 5.91 Å². The van der Waals surface area contributed by atoms with Crippen molar-refractivity contribution in [3.8, 4) is 11.3 Å². The van der Waals surface area contributed by atoms with E-state index >= 15 is 0 Å². The highest BCUT2D eigenvalue weighted by Gasteiger charge is 2.23. The summed E-state index contributed by atoms with van der Waals surface area (Å²) in [6.45, 7) is 3.43. The Bertz CT molecular complexity index is 1020. The summed E-state index contributed by atoms with van der Waals surface area (Å²) < 4.78 is 38.8. The Labute approximate surface area is 185 Å². The number of hydrogen-bond acceptors (Lipinski definition) is 5. The Morgan fingerprint density at radius 2 is 1.78 bits per heavy atom. The fourth-order valence-electron chi connectivity index (χ4n) is 3.82. The van der Waals surface area contributed by atoms with Gasteiger partial charge in [-0.1, -0.05) is 36.4 Å². The molecule has 1 saturated heterocycles. The van der Waals surface area contributed by atoms with Crippen LogP contribution in [-0.4, -0.2) is 48.6 Å². The topological polar surface area (TPSA) is 67.6 Å². The van der Waals surface area contributed by atoms with Crippen LogP contribution < -0.4 is 5.32 Å². The lowest BCUT2D eigenvalue weighted by Crippen LogP contribution is -2.43. The third-order valence-electron chi connectivity index (χ3n) is 5.49. The molecule has 168 valence electrons. The molecule has 2 aromatic carbocycles. The van der Waals surface area contributed by atoms with Gasteiger partial charge in [-0.15, -0.1) is 0 Å². The van der Waals surface area contributed by atoms with E-state index in [0.717, 1.165) is 30.8 Å². The zero-order valence-electron chi connectivity index (χ0n) is 17.6. The summed E-state index contributed by atoms with van der Waals surface area (Å²) in [5, 5.41) is 2.99. The summed E-state index contributed by atoms with van der Waals surface area (Å²) in [5.74, 6) is -1.32. The number of amides is 1. The molecule has 1 amide bonds. The summed E-state index contributed by atoms with van der Waals surface area (Å²) in [5.41, 5.74) is 0.880. The van der Waals surface area contributed by atoms with Gasteiger partial charge in [0, 0.05) is 32.5 Å². The highest BCUT2D eigenvalue weighted by Crippen LogP contribution is 2.27. The molecule has 1 aromatic heterocycles. The van der Waals surface area contributed by atoms with Crippen LogP contribution in [0.4, 0.5) is 8.78 Å². The summed E-state index contributed by atoms with van der Waals surface area (Å²) in [6, 6.07) is 13.7. The number of nitrogens with one attached hydrogen (secondary N) is 1. The number of carbonyl (C=O) groups is 1. The summed E-state index contributed by atoms with van der Waals surface area (Å²) >= 11 is 0. The number of rotatable bonds is 8. The number of ether oxygens (including phenoxy) is 1. The number of halogens is 2. The molecule has 0 radical (unpaired) electrons. The zero-order chi connectivity index (χ0) is 22.3. The minimum Gasteiger partial charge on any atom is -0.441 e. The average Bonchev–Trinajstić information content (AvgIpc) is 3.28. The maximum atomic E-state index is 13.9. The molecule has 1 fully saturated rings. The van der Waals surface area contributed by atoms with Crippen molar-refractivity contribution < 1.29 is 22.7 Å². The van der Waals surface area contributed by atoms with Crippen molar-refractivity contribution in [1.29, 1.82) is 0 Å². The third kappa shape index (κ3) is 5.38. The molecule has 1 atom stereocenters. The quantitative estimate of drug-likeness (QED) is 0.577. The van der Waals surface area contributed by atoms with Crippen LogP contribution in [0.25, 0.3) is 11.3 Å². The van der Waals surface area contributed by atoms with Crippen molar-refractivity contribution >= 4 is 5.91 Å². The molecule has 0 aliphatic carbocycles. The molecule has 8 heteroatoms. The lowest BCUT2D eigenvalue weighted by atomic mass is 10.0. The maximum absolute atomic E-state index is 13.9. The molecule has 2 heterocycles. The van der Waals surface area contributed by atoms with E-state index in [1.165, 1.54) is 12.3 Å². The first-order valence-electron chi connectivity index (χ1n) is 10.6. The fourth-order valence-corrected chi connectivity index (χ4v) is 3.82. The van der Waals surface area contributed by atoms with Gasteiger partial charge in [-0.3, -0.25) is 9.69 Å². The number of nitrogens with zero attached hydrogens (tertiary/aromatic N) is 2. The van der Waals surface area contributed by atoms with Crippen molar-refractivity contribution in [1.82, 2.24) is 15.2 Å². The predicted octanol–water partition coefficient (Wildman–Crippen LogP) is 3.74. The van der Waals surface area contributed by atoms with Crippen LogP contribution >= 0.6 is 0 Å². The number of oxazole rings is 1. The SMILES string of the molecule is O=C(CCc1ncc(-c2c(F)cccc2F)o1)NC[C@H](c1ccccc1)N1CCOCC1. The smallest absolute Gasteiger partial charge is 0.220 e. The average molecular weight is 441 g/mol. The Balaban J connectivity index is 1.34. The zero-order valence-corrected chi connectivity index (χ0v) is 17.6. The number of morpholine rings is 1. The molecule has 3 aromatic rings. The molecule has 1 aliphatic rings. The van der Waals surface area contributed by atoms with Crippen molar-refractivity contribution in [2.75, 3.05) is 32.8 Å². The van der Waals surface area contributed by atoms with Gasteiger partial charge in [-0.05, 0) is 17.7 Å². The van der Waals surface area contributed by atoms with E-state index in [0.29, 0.717) is 19.8 Å². The van der Waals surface area contributed by atoms with Crippen molar-refractivity contribution in [3.63, 3.8) is 0 Å². The van der Waals surface area contributed by atoms with Gasteiger partial charge in [-0.25, -0.2) is 13.8 Å². The van der Waals surface area contributed by atoms with Gasteiger partial charge in [0.25, 0.3) is 0 Å². The van der Waals surface area contributed by atoms with E-state index in [2.05, 4.69) is 27.3 Å². The normalized spacial score (nSPS) is 15.4. The summed E-state index contributed by atoms with van der Waals surface area (Å²) in [6.07, 6.45) is 1.67. The van der Waals surface area contributed by atoms with Gasteiger partial charge < -0.3 is 14.5 Å². The van der Waals surface area contributed by atoms with Gasteiger partial charge in [0.05, 0.1) is 31.0 Å². The first-order valence-corrected chi connectivity index (χ1v) is 10.6. The molecular formula is C24H25F2N3O3. The highest BCUT2D eigenvalue weighted by molar-refractivity contribution is 5.76. The monoisotopic (exact) mass is 441 g/mol. The van der Waals surface area contributed by atoms with Crippen molar-refractivity contribution in [2.45, 2.75) is 18.9 Å². The first kappa shape index (κ1) is 22.1. The van der Waals surface area contributed by atoms with E-state index < -0.39 is 11.6 Å². The molecule has 4 rings (SSSR count). The molecule has 1 aliphatic heterocycles. The second-order valence-electron chi connectivity index (χ2n) is 7.59. The number of benzene rings is 2. The highest BCUT2D eigenvalue weighted by atomic mass is 19.1. The molecule has 0 saturated carbocycles. The Morgan fingerprint density at radius 1 is 1.06 bits per heavy atom. The van der Waals surface area contributed by atoms with Crippen LogP contribution in [0.15, 0.2) is 59.1 Å². The Hall–Kier alpha value is -3.10. The van der Waals surface area contributed by atoms with Crippen LogP contribution in [0.5, 0.6) is 0 Å². The largest absolute Gasteiger partial charge is 0.441 e. The minimum atomic E-state index is -0.722. The number of carbonyl (C=O) groups excluding carboxylic acids is 1. The third-order valence-corrected chi connectivity index (χ3v) is 5.49. The summed E-state index contributed by atoms with van der Waals surface area (Å²) in [7, 11) is 0. The van der Waals surface area contributed by atoms with Crippen molar-refractivity contribution in [3.05, 3.63) is 77.8 Å².